The van der Waals surface area contributed by atoms with Crippen LogP contribution < -0.4 is 11.1 Å². The van der Waals surface area contributed by atoms with Gasteiger partial charge in [0.1, 0.15) is 5.82 Å². The van der Waals surface area contributed by atoms with Gasteiger partial charge in [0.2, 0.25) is 0 Å². The number of oxazole rings is 1. The van der Waals surface area contributed by atoms with E-state index in [4.69, 9.17) is 4.42 Å². The van der Waals surface area contributed by atoms with Crippen LogP contribution in [0.25, 0.3) is 11.1 Å². The van der Waals surface area contributed by atoms with Gasteiger partial charge in [-0.1, -0.05) is 12.1 Å². The molecule has 0 unspecified atom stereocenters. The minimum absolute atomic E-state index is 0.246. The first kappa shape index (κ1) is 18.9. The maximum absolute atomic E-state index is 13.3. The highest BCUT2D eigenvalue weighted by molar-refractivity contribution is 6.39. The van der Waals surface area contributed by atoms with Crippen LogP contribution >= 0.6 is 0 Å². The van der Waals surface area contributed by atoms with E-state index in [1.54, 1.807) is 18.2 Å². The highest BCUT2D eigenvalue weighted by atomic mass is 19.1. The number of amides is 2. The first-order valence-corrected chi connectivity index (χ1v) is 9.45. The average Bonchev–Trinajstić information content (AvgIpc) is 3.07. The lowest BCUT2D eigenvalue weighted by Crippen LogP contribution is -2.44. The zero-order valence-corrected chi connectivity index (χ0v) is 15.6. The SMILES string of the molecule is O=C(Nc1ccc2[nH]c(=O)oc2c1)C(=O)N1CCC(Cc2cccc(F)c2)CC1. The van der Waals surface area contributed by atoms with Gasteiger partial charge >= 0.3 is 17.6 Å². The van der Waals surface area contributed by atoms with Gasteiger partial charge in [-0.15, -0.1) is 0 Å². The molecule has 0 saturated carbocycles. The van der Waals surface area contributed by atoms with Gasteiger partial charge in [0.05, 0.1) is 5.52 Å². The molecule has 1 aliphatic rings. The van der Waals surface area contributed by atoms with Crippen molar-refractivity contribution in [1.82, 2.24) is 9.88 Å². The number of nitrogens with one attached hydrogen (secondary N) is 2. The molecule has 2 N–H and O–H groups in total. The first-order valence-electron chi connectivity index (χ1n) is 9.45. The molecule has 0 bridgehead atoms. The number of rotatable bonds is 3. The van der Waals surface area contributed by atoms with Crippen LogP contribution in [-0.4, -0.2) is 34.8 Å². The highest BCUT2D eigenvalue weighted by Gasteiger charge is 2.27. The normalized spacial score (nSPS) is 14.9. The van der Waals surface area contributed by atoms with E-state index in [0.717, 1.165) is 24.8 Å². The topological polar surface area (TPSA) is 95.4 Å². The van der Waals surface area contributed by atoms with Crippen LogP contribution in [-0.2, 0) is 16.0 Å². The van der Waals surface area contributed by atoms with Gasteiger partial charge < -0.3 is 14.6 Å². The Morgan fingerprint density at radius 3 is 2.72 bits per heavy atom. The lowest BCUT2D eigenvalue weighted by Gasteiger charge is -2.31. The summed E-state index contributed by atoms with van der Waals surface area (Å²) in [6, 6.07) is 11.2. The fourth-order valence-corrected chi connectivity index (χ4v) is 3.69. The largest absolute Gasteiger partial charge is 0.417 e. The zero-order chi connectivity index (χ0) is 20.4. The average molecular weight is 397 g/mol. The molecular weight excluding hydrogens is 377 g/mol. The van der Waals surface area contributed by atoms with E-state index in [2.05, 4.69) is 10.3 Å². The molecule has 1 saturated heterocycles. The van der Waals surface area contributed by atoms with E-state index >= 15 is 0 Å². The second-order valence-corrected chi connectivity index (χ2v) is 7.25. The number of piperidine rings is 1. The van der Waals surface area contributed by atoms with Gasteiger partial charge in [-0.05, 0) is 55.0 Å². The summed E-state index contributed by atoms with van der Waals surface area (Å²) in [5.41, 5.74) is 2.14. The number of aromatic amines is 1. The number of carbonyl (C=O) groups is 2. The maximum atomic E-state index is 13.3. The number of halogens is 1. The number of hydrogen-bond donors (Lipinski definition) is 2. The van der Waals surface area contributed by atoms with Crippen LogP contribution in [0.2, 0.25) is 0 Å². The molecule has 1 fully saturated rings. The van der Waals surface area contributed by atoms with Crippen molar-refractivity contribution < 1.29 is 18.4 Å². The fourth-order valence-electron chi connectivity index (χ4n) is 3.69. The van der Waals surface area contributed by atoms with Gasteiger partial charge in [0.15, 0.2) is 5.58 Å². The van der Waals surface area contributed by atoms with Crippen molar-refractivity contribution in [2.75, 3.05) is 18.4 Å². The second kappa shape index (κ2) is 7.90. The summed E-state index contributed by atoms with van der Waals surface area (Å²) >= 11 is 0. The standard InChI is InChI=1S/C21H20FN3O4/c22-15-3-1-2-14(11-15)10-13-6-8-25(9-7-13)20(27)19(26)23-16-4-5-17-18(12-16)29-21(28)24-17/h1-5,11-13H,6-10H2,(H,23,26)(H,24,28). The molecule has 1 aromatic heterocycles. The molecule has 2 heterocycles. The Morgan fingerprint density at radius 1 is 1.17 bits per heavy atom. The van der Waals surface area contributed by atoms with Crippen LogP contribution in [0, 0.1) is 11.7 Å². The molecule has 8 heteroatoms. The molecule has 3 aromatic rings. The third-order valence-corrected chi connectivity index (χ3v) is 5.19. The molecule has 4 rings (SSSR count). The molecule has 2 amide bonds. The van der Waals surface area contributed by atoms with Gasteiger partial charge in [-0.2, -0.15) is 0 Å². The summed E-state index contributed by atoms with van der Waals surface area (Å²) in [6.45, 7) is 0.968. The number of aromatic nitrogens is 1. The van der Waals surface area contributed by atoms with Crippen molar-refractivity contribution in [3.63, 3.8) is 0 Å². The van der Waals surface area contributed by atoms with Gasteiger partial charge in [0.25, 0.3) is 0 Å². The number of benzene rings is 2. The Kier molecular flexibility index (Phi) is 5.16. The maximum Gasteiger partial charge on any atom is 0.417 e. The Labute approximate surface area is 165 Å². The van der Waals surface area contributed by atoms with Crippen molar-refractivity contribution in [1.29, 1.82) is 0 Å². The van der Waals surface area contributed by atoms with Crippen molar-refractivity contribution in [2.45, 2.75) is 19.3 Å². The minimum atomic E-state index is -0.731. The molecule has 0 aliphatic carbocycles. The van der Waals surface area contributed by atoms with Crippen LogP contribution in [0.4, 0.5) is 10.1 Å². The number of likely N-dealkylation sites (tertiary alicyclic amines) is 1. The number of anilines is 1. The fraction of sp³-hybridized carbons (Fsp3) is 0.286. The van der Waals surface area contributed by atoms with E-state index in [9.17, 15) is 18.8 Å². The Bertz CT molecular complexity index is 1110. The number of H-pyrrole nitrogens is 1. The molecule has 0 radical (unpaired) electrons. The molecule has 7 nitrogen and oxygen atoms in total. The predicted octanol–water partition coefficient (Wildman–Crippen LogP) is 2.68. The predicted molar refractivity (Wildman–Crippen MR) is 105 cm³/mol. The third kappa shape index (κ3) is 4.37. The van der Waals surface area contributed by atoms with Crippen molar-refractivity contribution in [3.8, 4) is 0 Å². The summed E-state index contributed by atoms with van der Waals surface area (Å²) in [6.07, 6.45) is 2.28. The van der Waals surface area contributed by atoms with Crippen LogP contribution in [0.3, 0.4) is 0 Å². The van der Waals surface area contributed by atoms with Crippen molar-refractivity contribution >= 4 is 28.6 Å². The number of hydrogen-bond acceptors (Lipinski definition) is 4. The van der Waals surface area contributed by atoms with Crippen LogP contribution in [0.1, 0.15) is 18.4 Å². The summed E-state index contributed by atoms with van der Waals surface area (Å²) in [4.78, 5) is 40.0. The zero-order valence-electron chi connectivity index (χ0n) is 15.6. The second-order valence-electron chi connectivity index (χ2n) is 7.25. The van der Waals surface area contributed by atoms with Crippen LogP contribution in [0.15, 0.2) is 51.7 Å². The van der Waals surface area contributed by atoms with Crippen molar-refractivity contribution in [2.24, 2.45) is 5.92 Å². The van der Waals surface area contributed by atoms with E-state index in [-0.39, 0.29) is 5.82 Å². The lowest BCUT2D eigenvalue weighted by molar-refractivity contribution is -0.144. The van der Waals surface area contributed by atoms with E-state index in [1.807, 2.05) is 6.07 Å². The smallest absolute Gasteiger partial charge is 0.408 e. The molecule has 0 spiro atoms. The Hall–Kier alpha value is -3.42. The quantitative estimate of drug-likeness (QED) is 0.665. The van der Waals surface area contributed by atoms with Gasteiger partial charge in [-0.25, -0.2) is 9.18 Å². The van der Waals surface area contributed by atoms with Gasteiger partial charge in [-0.3, -0.25) is 14.6 Å². The lowest BCUT2D eigenvalue weighted by atomic mass is 9.90. The van der Waals surface area contributed by atoms with Crippen molar-refractivity contribution in [3.05, 3.63) is 64.4 Å². The minimum Gasteiger partial charge on any atom is -0.408 e. The summed E-state index contributed by atoms with van der Waals surface area (Å²) < 4.78 is 18.3. The first-order chi connectivity index (χ1) is 14.0. The molecule has 29 heavy (non-hydrogen) atoms. The Morgan fingerprint density at radius 2 is 1.97 bits per heavy atom. The molecule has 1 aliphatic heterocycles. The third-order valence-electron chi connectivity index (χ3n) is 5.19. The molecule has 2 aromatic carbocycles. The summed E-state index contributed by atoms with van der Waals surface area (Å²) in [5.74, 6) is -1.80. The van der Waals surface area contributed by atoms with Gasteiger partial charge in [0, 0.05) is 24.8 Å². The number of nitrogens with zero attached hydrogens (tertiary/aromatic N) is 1. The molecule has 150 valence electrons. The number of fused-ring (bicyclic) bond motifs is 1. The molecular formula is C21H20FN3O4. The molecule has 0 atom stereocenters. The van der Waals surface area contributed by atoms with Crippen LogP contribution in [0.5, 0.6) is 0 Å². The summed E-state index contributed by atoms with van der Waals surface area (Å²) in [5, 5.41) is 2.55. The monoisotopic (exact) mass is 397 g/mol. The Balaban J connectivity index is 1.32. The highest BCUT2D eigenvalue weighted by Crippen LogP contribution is 2.22. The van der Waals surface area contributed by atoms with E-state index in [1.165, 1.54) is 23.1 Å². The number of carbonyl (C=O) groups excluding carboxylic acids is 2. The summed E-state index contributed by atoms with van der Waals surface area (Å²) in [7, 11) is 0. The van der Waals surface area contributed by atoms with E-state index < -0.39 is 17.6 Å². The van der Waals surface area contributed by atoms with E-state index in [0.29, 0.717) is 35.8 Å².